The first-order valence-electron chi connectivity index (χ1n) is 11.4. The van der Waals surface area contributed by atoms with E-state index in [1.54, 1.807) is 48.5 Å². The minimum absolute atomic E-state index is 0.120. The quantitative estimate of drug-likeness (QED) is 0.596. The lowest BCUT2D eigenvalue weighted by Gasteiger charge is -2.34. The number of nitrogens with zero attached hydrogens (tertiary/aromatic N) is 2. The van der Waals surface area contributed by atoms with Crippen molar-refractivity contribution >= 4 is 33.0 Å². The van der Waals surface area contributed by atoms with Crippen molar-refractivity contribution in [1.82, 2.24) is 0 Å². The number of amides is 1. The molecular weight excluding hydrogens is 450 g/mol. The van der Waals surface area contributed by atoms with Crippen molar-refractivity contribution < 1.29 is 17.9 Å². The summed E-state index contributed by atoms with van der Waals surface area (Å²) < 4.78 is 34.2. The van der Waals surface area contributed by atoms with Gasteiger partial charge in [0, 0.05) is 24.5 Å². The minimum atomic E-state index is -3.88. The molecule has 2 aliphatic heterocycles. The molecule has 1 atom stereocenters. The van der Waals surface area contributed by atoms with Gasteiger partial charge < -0.3 is 15.0 Å². The van der Waals surface area contributed by atoms with Gasteiger partial charge in [-0.15, -0.1) is 0 Å². The van der Waals surface area contributed by atoms with Gasteiger partial charge in [0.05, 0.1) is 17.1 Å². The molecule has 1 fully saturated rings. The molecule has 0 saturated carbocycles. The highest BCUT2D eigenvalue weighted by Crippen LogP contribution is 2.37. The Morgan fingerprint density at radius 3 is 2.32 bits per heavy atom. The Balaban J connectivity index is 1.37. The van der Waals surface area contributed by atoms with Gasteiger partial charge >= 0.3 is 0 Å². The largest absolute Gasteiger partial charge is 0.476 e. The summed E-state index contributed by atoms with van der Waals surface area (Å²) in [6.45, 7) is 3.88. The molecule has 7 nitrogen and oxygen atoms in total. The monoisotopic (exact) mass is 477 g/mol. The van der Waals surface area contributed by atoms with Gasteiger partial charge in [-0.1, -0.05) is 29.8 Å². The first kappa shape index (κ1) is 22.3. The first-order valence-corrected chi connectivity index (χ1v) is 12.9. The van der Waals surface area contributed by atoms with Crippen molar-refractivity contribution in [2.24, 2.45) is 0 Å². The Morgan fingerprint density at radius 2 is 1.62 bits per heavy atom. The lowest BCUT2D eigenvalue weighted by Crippen LogP contribution is -2.48. The van der Waals surface area contributed by atoms with Crippen LogP contribution in [0.2, 0.25) is 0 Å². The standard InChI is InChI=1S/C26H27N3O4S/c1-19-8-14-22(15-9-19)34(31,32)29-18-25(33-24-7-3-2-6-23(24)29)26(30)27-20-10-12-21(13-11-20)28-16-4-5-17-28/h2-3,6-15,25H,4-5,16-18H2,1H3,(H,27,30)/t25-/m1/s1. The van der Waals surface area contributed by atoms with Crippen LogP contribution in [0.3, 0.4) is 0 Å². The van der Waals surface area contributed by atoms with Crippen molar-refractivity contribution in [3.63, 3.8) is 0 Å². The molecule has 2 heterocycles. The van der Waals surface area contributed by atoms with Crippen LogP contribution >= 0.6 is 0 Å². The number of carbonyl (C=O) groups is 1. The van der Waals surface area contributed by atoms with Crippen LogP contribution in [-0.2, 0) is 14.8 Å². The third-order valence-corrected chi connectivity index (χ3v) is 8.04. The molecule has 3 aromatic rings. The zero-order chi connectivity index (χ0) is 23.7. The maximum atomic E-state index is 13.5. The number of para-hydroxylation sites is 2. The normalized spacial score (nSPS) is 17.7. The molecule has 176 valence electrons. The second-order valence-electron chi connectivity index (χ2n) is 8.65. The number of carbonyl (C=O) groups excluding carboxylic acids is 1. The van der Waals surface area contributed by atoms with Gasteiger partial charge in [0.1, 0.15) is 5.75 Å². The molecule has 0 spiro atoms. The highest BCUT2D eigenvalue weighted by molar-refractivity contribution is 7.92. The van der Waals surface area contributed by atoms with E-state index in [0.29, 0.717) is 17.1 Å². The molecule has 1 N–H and O–H groups in total. The molecule has 8 heteroatoms. The van der Waals surface area contributed by atoms with Gasteiger partial charge in [-0.25, -0.2) is 8.42 Å². The lowest BCUT2D eigenvalue weighted by atomic mass is 10.2. The van der Waals surface area contributed by atoms with E-state index in [1.807, 2.05) is 31.2 Å². The van der Waals surface area contributed by atoms with Crippen molar-refractivity contribution in [1.29, 1.82) is 0 Å². The Morgan fingerprint density at radius 1 is 0.941 bits per heavy atom. The number of anilines is 3. The predicted octanol–water partition coefficient (Wildman–Crippen LogP) is 4.19. The average Bonchev–Trinajstić information content (AvgIpc) is 3.39. The zero-order valence-electron chi connectivity index (χ0n) is 19.0. The number of ether oxygens (including phenoxy) is 1. The molecule has 2 aliphatic rings. The minimum Gasteiger partial charge on any atom is -0.476 e. The van der Waals surface area contributed by atoms with E-state index in [2.05, 4.69) is 10.2 Å². The van der Waals surface area contributed by atoms with E-state index in [4.69, 9.17) is 4.74 Å². The summed E-state index contributed by atoms with van der Waals surface area (Å²) in [6.07, 6.45) is 1.40. The van der Waals surface area contributed by atoms with Gasteiger partial charge in [-0.3, -0.25) is 9.10 Å². The number of fused-ring (bicyclic) bond motifs is 1. The number of hydrogen-bond acceptors (Lipinski definition) is 5. The summed E-state index contributed by atoms with van der Waals surface area (Å²) in [4.78, 5) is 15.6. The van der Waals surface area contributed by atoms with Crippen LogP contribution in [0.4, 0.5) is 17.1 Å². The van der Waals surface area contributed by atoms with Crippen LogP contribution in [0.25, 0.3) is 0 Å². The summed E-state index contributed by atoms with van der Waals surface area (Å²) in [5, 5.41) is 2.88. The molecule has 34 heavy (non-hydrogen) atoms. The average molecular weight is 478 g/mol. The van der Waals surface area contributed by atoms with Gasteiger partial charge in [0.25, 0.3) is 15.9 Å². The molecule has 1 amide bonds. The summed E-state index contributed by atoms with van der Waals surface area (Å²) in [6, 6.07) is 21.3. The Bertz CT molecular complexity index is 1280. The fourth-order valence-electron chi connectivity index (χ4n) is 4.36. The van der Waals surface area contributed by atoms with Crippen LogP contribution < -0.4 is 19.3 Å². The predicted molar refractivity (Wildman–Crippen MR) is 133 cm³/mol. The number of aryl methyl sites for hydroxylation is 1. The van der Waals surface area contributed by atoms with Gasteiger partial charge in [-0.05, 0) is 68.3 Å². The Labute approximate surface area is 200 Å². The number of rotatable bonds is 5. The number of sulfonamides is 1. The molecule has 5 rings (SSSR count). The van der Waals surface area contributed by atoms with E-state index >= 15 is 0 Å². The van der Waals surface area contributed by atoms with Crippen LogP contribution in [-0.4, -0.2) is 40.1 Å². The van der Waals surface area contributed by atoms with Crippen molar-refractivity contribution in [2.45, 2.75) is 30.8 Å². The van der Waals surface area contributed by atoms with E-state index in [-0.39, 0.29) is 11.4 Å². The van der Waals surface area contributed by atoms with Gasteiger partial charge in [0.2, 0.25) is 0 Å². The molecule has 0 unspecified atom stereocenters. The topological polar surface area (TPSA) is 79.0 Å². The van der Waals surface area contributed by atoms with Crippen LogP contribution in [0.5, 0.6) is 5.75 Å². The first-order chi connectivity index (χ1) is 16.4. The summed E-state index contributed by atoms with van der Waals surface area (Å²) in [5.74, 6) is -0.0403. The third-order valence-electron chi connectivity index (χ3n) is 6.24. The van der Waals surface area contributed by atoms with E-state index in [1.165, 1.54) is 17.1 Å². The van der Waals surface area contributed by atoms with Crippen LogP contribution in [0.15, 0.2) is 77.7 Å². The van der Waals surface area contributed by atoms with E-state index in [9.17, 15) is 13.2 Å². The lowest BCUT2D eigenvalue weighted by molar-refractivity contribution is -0.122. The molecule has 3 aromatic carbocycles. The van der Waals surface area contributed by atoms with Crippen LogP contribution in [0, 0.1) is 6.92 Å². The summed E-state index contributed by atoms with van der Waals surface area (Å²) >= 11 is 0. The van der Waals surface area contributed by atoms with Crippen molar-refractivity contribution in [2.75, 3.05) is 34.2 Å². The molecule has 0 radical (unpaired) electrons. The summed E-state index contributed by atoms with van der Waals surface area (Å²) in [7, 11) is -3.88. The van der Waals surface area contributed by atoms with Gasteiger partial charge in [-0.2, -0.15) is 0 Å². The maximum absolute atomic E-state index is 13.5. The van der Waals surface area contributed by atoms with E-state index in [0.717, 1.165) is 24.3 Å². The molecule has 1 saturated heterocycles. The molecule has 0 bridgehead atoms. The smallest absolute Gasteiger partial charge is 0.267 e. The fraction of sp³-hybridized carbons (Fsp3) is 0.269. The van der Waals surface area contributed by atoms with Crippen molar-refractivity contribution in [3.8, 4) is 5.75 Å². The molecule has 0 aromatic heterocycles. The Kier molecular flexibility index (Phi) is 5.91. The van der Waals surface area contributed by atoms with E-state index < -0.39 is 22.0 Å². The maximum Gasteiger partial charge on any atom is 0.267 e. The second kappa shape index (κ2) is 9.02. The third kappa shape index (κ3) is 4.33. The Hall–Kier alpha value is -3.52. The second-order valence-corrected chi connectivity index (χ2v) is 10.5. The number of benzene rings is 3. The summed E-state index contributed by atoms with van der Waals surface area (Å²) in [5.41, 5.74) is 3.16. The molecular formula is C26H27N3O4S. The zero-order valence-corrected chi connectivity index (χ0v) is 19.8. The number of hydrogen-bond donors (Lipinski definition) is 1. The van der Waals surface area contributed by atoms with Crippen molar-refractivity contribution in [3.05, 3.63) is 78.4 Å². The van der Waals surface area contributed by atoms with Crippen LogP contribution in [0.1, 0.15) is 18.4 Å². The highest BCUT2D eigenvalue weighted by Gasteiger charge is 2.37. The number of nitrogens with one attached hydrogen (secondary N) is 1. The van der Waals surface area contributed by atoms with Gasteiger partial charge in [0.15, 0.2) is 6.10 Å². The molecule has 0 aliphatic carbocycles. The highest BCUT2D eigenvalue weighted by atomic mass is 32.2. The SMILES string of the molecule is Cc1ccc(S(=O)(=O)N2C[C@H](C(=O)Nc3ccc(N4CCCC4)cc3)Oc3ccccc32)cc1. The fourth-order valence-corrected chi connectivity index (χ4v) is 5.83.